The lowest BCUT2D eigenvalue weighted by Crippen LogP contribution is -2.36. The molecule has 36 heavy (non-hydrogen) atoms. The average Bonchev–Trinajstić information content (AvgIpc) is 3.10. The third kappa shape index (κ3) is 7.17. The predicted molar refractivity (Wildman–Crippen MR) is 147 cm³/mol. The van der Waals surface area contributed by atoms with Crippen LogP contribution in [0.25, 0.3) is 6.08 Å². The Labute approximate surface area is 230 Å². The van der Waals surface area contributed by atoms with Gasteiger partial charge in [0.05, 0.1) is 22.2 Å². The Bertz CT molecular complexity index is 1220. The number of benzene rings is 2. The topological polar surface area (TPSA) is 111 Å². The van der Waals surface area contributed by atoms with Crippen LogP contribution >= 0.6 is 46.1 Å². The molecular formula is C24H23IN2O7S2. The number of rotatable bonds is 10. The van der Waals surface area contributed by atoms with Gasteiger partial charge in [-0.15, -0.1) is 11.8 Å². The van der Waals surface area contributed by atoms with Crippen LogP contribution in [0.15, 0.2) is 46.2 Å². The first-order valence-corrected chi connectivity index (χ1v) is 13.7. The monoisotopic (exact) mass is 642 g/mol. The summed E-state index contributed by atoms with van der Waals surface area (Å²) in [5.74, 6) is -0.818. The number of thioether (sulfide) groups is 2. The maximum absolute atomic E-state index is 12.9. The Hall–Kier alpha value is -2.71. The molecule has 1 fully saturated rings. The smallest absolute Gasteiger partial charge is 0.343 e. The Morgan fingerprint density at radius 3 is 2.67 bits per heavy atom. The second kappa shape index (κ2) is 13.0. The van der Waals surface area contributed by atoms with Crippen molar-refractivity contribution in [3.05, 3.63) is 50.4 Å². The van der Waals surface area contributed by atoms with Gasteiger partial charge in [-0.1, -0.05) is 6.07 Å². The number of carbonyl (C=O) groups is 4. The highest BCUT2D eigenvalue weighted by molar-refractivity contribution is 14.1. The van der Waals surface area contributed by atoms with E-state index in [0.29, 0.717) is 32.9 Å². The maximum Gasteiger partial charge on any atom is 0.343 e. The van der Waals surface area contributed by atoms with E-state index in [0.717, 1.165) is 21.6 Å². The van der Waals surface area contributed by atoms with Crippen LogP contribution in [0, 0.1) is 3.57 Å². The molecule has 0 radical (unpaired) electrons. The Balaban J connectivity index is 1.75. The third-order valence-corrected chi connectivity index (χ3v) is 7.15. The fraction of sp³-hybridized carbons (Fsp3) is 0.250. The number of hydrogen-bond donors (Lipinski definition) is 1. The summed E-state index contributed by atoms with van der Waals surface area (Å²) < 4.78 is 16.4. The minimum Gasteiger partial charge on any atom is -0.490 e. The number of imide groups is 1. The lowest BCUT2D eigenvalue weighted by molar-refractivity contribution is -0.143. The highest BCUT2D eigenvalue weighted by atomic mass is 127. The standard InChI is InChI=1S/C24H23IN2O7S2/c1-4-33-18-9-14(8-17(25)22(18)34-13-21(29)32-2)10-19-23(30)27(24(31)36-19)12-20(28)26-15-6-5-7-16(11-15)35-3/h5-11H,4,12-13H2,1-3H3,(H,26,28)/b19-10+. The van der Waals surface area contributed by atoms with Crippen LogP contribution in [0.2, 0.25) is 0 Å². The van der Waals surface area contributed by atoms with Crippen LogP contribution in [0.4, 0.5) is 10.5 Å². The number of nitrogens with zero attached hydrogens (tertiary/aromatic N) is 1. The van der Waals surface area contributed by atoms with Gasteiger partial charge >= 0.3 is 5.97 Å². The van der Waals surface area contributed by atoms with Gasteiger partial charge in [-0.3, -0.25) is 19.3 Å². The van der Waals surface area contributed by atoms with Crippen LogP contribution in [0.1, 0.15) is 12.5 Å². The summed E-state index contributed by atoms with van der Waals surface area (Å²) in [5.41, 5.74) is 1.18. The molecule has 190 valence electrons. The maximum atomic E-state index is 12.9. The van der Waals surface area contributed by atoms with Crippen LogP contribution in [-0.4, -0.2) is 61.0 Å². The molecule has 3 rings (SSSR count). The second-order valence-corrected chi connectivity index (χ2v) is 10.2. The third-order valence-electron chi connectivity index (χ3n) is 4.72. The van der Waals surface area contributed by atoms with E-state index in [-0.39, 0.29) is 11.5 Å². The number of hydrogen-bond acceptors (Lipinski definition) is 9. The first-order valence-electron chi connectivity index (χ1n) is 10.6. The minimum absolute atomic E-state index is 0.179. The van der Waals surface area contributed by atoms with Crippen LogP contribution < -0.4 is 14.8 Å². The van der Waals surface area contributed by atoms with Crippen LogP contribution in [0.5, 0.6) is 11.5 Å². The number of carbonyl (C=O) groups excluding carboxylic acids is 4. The molecule has 1 saturated heterocycles. The molecule has 0 aromatic heterocycles. The molecule has 0 aliphatic carbocycles. The molecule has 2 aromatic rings. The molecule has 1 heterocycles. The van der Waals surface area contributed by atoms with Gasteiger partial charge in [0.25, 0.3) is 11.1 Å². The number of halogens is 1. The van der Waals surface area contributed by atoms with Crippen molar-refractivity contribution in [1.29, 1.82) is 0 Å². The van der Waals surface area contributed by atoms with E-state index in [2.05, 4.69) is 10.1 Å². The molecule has 3 amide bonds. The molecule has 0 bridgehead atoms. The number of ether oxygens (including phenoxy) is 3. The normalized spacial score (nSPS) is 14.2. The average molecular weight is 642 g/mol. The molecule has 2 aromatic carbocycles. The van der Waals surface area contributed by atoms with Gasteiger partial charge in [-0.05, 0) is 89.5 Å². The number of esters is 1. The van der Waals surface area contributed by atoms with E-state index in [9.17, 15) is 19.2 Å². The minimum atomic E-state index is -0.558. The molecule has 0 atom stereocenters. The van der Waals surface area contributed by atoms with Crippen molar-refractivity contribution in [2.45, 2.75) is 11.8 Å². The van der Waals surface area contributed by atoms with Crippen molar-refractivity contribution in [1.82, 2.24) is 4.90 Å². The summed E-state index contributed by atoms with van der Waals surface area (Å²) in [6, 6.07) is 10.7. The summed E-state index contributed by atoms with van der Waals surface area (Å²) in [4.78, 5) is 51.4. The first kappa shape index (κ1) is 27.9. The van der Waals surface area contributed by atoms with Gasteiger partial charge in [-0.25, -0.2) is 4.79 Å². The summed E-state index contributed by atoms with van der Waals surface area (Å²) >= 11 is 4.33. The summed E-state index contributed by atoms with van der Waals surface area (Å²) in [6.07, 6.45) is 3.48. The largest absolute Gasteiger partial charge is 0.490 e. The molecule has 1 aliphatic heterocycles. The van der Waals surface area contributed by atoms with E-state index in [1.165, 1.54) is 18.9 Å². The van der Waals surface area contributed by atoms with Crippen LogP contribution in [-0.2, 0) is 19.1 Å². The van der Waals surface area contributed by atoms with Crippen molar-refractivity contribution >= 4 is 80.9 Å². The van der Waals surface area contributed by atoms with Gasteiger partial charge in [0.15, 0.2) is 18.1 Å². The molecule has 12 heteroatoms. The molecule has 0 saturated carbocycles. The SMILES string of the molecule is CCOc1cc(/C=C2/SC(=O)N(CC(=O)Nc3cccc(SC)c3)C2=O)cc(I)c1OCC(=O)OC. The van der Waals surface area contributed by atoms with E-state index in [4.69, 9.17) is 9.47 Å². The van der Waals surface area contributed by atoms with E-state index in [1.807, 2.05) is 47.0 Å². The van der Waals surface area contributed by atoms with Crippen molar-refractivity contribution in [2.24, 2.45) is 0 Å². The van der Waals surface area contributed by atoms with Crippen LogP contribution in [0.3, 0.4) is 0 Å². The molecular weight excluding hydrogens is 619 g/mol. The van der Waals surface area contributed by atoms with Crippen molar-refractivity contribution in [2.75, 3.05) is 38.4 Å². The molecule has 0 unspecified atom stereocenters. The summed E-state index contributed by atoms with van der Waals surface area (Å²) in [6.45, 7) is 1.47. The zero-order chi connectivity index (χ0) is 26.2. The quantitative estimate of drug-likeness (QED) is 0.172. The van der Waals surface area contributed by atoms with Gasteiger partial charge in [0, 0.05) is 10.6 Å². The Kier molecular flexibility index (Phi) is 10.1. The van der Waals surface area contributed by atoms with Crippen molar-refractivity contribution in [3.8, 4) is 11.5 Å². The van der Waals surface area contributed by atoms with Gasteiger partial charge in [-0.2, -0.15) is 0 Å². The van der Waals surface area contributed by atoms with Gasteiger partial charge < -0.3 is 19.5 Å². The molecule has 1 N–H and O–H groups in total. The zero-order valence-electron chi connectivity index (χ0n) is 19.7. The van der Waals surface area contributed by atoms with Crippen molar-refractivity contribution < 1.29 is 33.4 Å². The van der Waals surface area contributed by atoms with E-state index < -0.39 is 29.6 Å². The highest BCUT2D eigenvalue weighted by Gasteiger charge is 2.36. The second-order valence-electron chi connectivity index (χ2n) is 7.18. The fourth-order valence-corrected chi connectivity index (χ4v) is 5.18. The first-order chi connectivity index (χ1) is 17.2. The van der Waals surface area contributed by atoms with E-state index in [1.54, 1.807) is 31.2 Å². The molecule has 0 spiro atoms. The highest BCUT2D eigenvalue weighted by Crippen LogP contribution is 2.37. The zero-order valence-corrected chi connectivity index (χ0v) is 23.5. The number of amides is 3. The predicted octanol–water partition coefficient (Wildman–Crippen LogP) is 4.64. The lowest BCUT2D eigenvalue weighted by Gasteiger charge is -2.14. The van der Waals surface area contributed by atoms with E-state index >= 15 is 0 Å². The Morgan fingerprint density at radius 2 is 1.97 bits per heavy atom. The molecule has 1 aliphatic rings. The Morgan fingerprint density at radius 1 is 1.19 bits per heavy atom. The van der Waals surface area contributed by atoms with Gasteiger partial charge in [0.2, 0.25) is 5.91 Å². The number of anilines is 1. The lowest BCUT2D eigenvalue weighted by atomic mass is 10.2. The number of nitrogens with one attached hydrogen (secondary N) is 1. The molecule has 9 nitrogen and oxygen atoms in total. The van der Waals surface area contributed by atoms with Gasteiger partial charge in [0.1, 0.15) is 6.54 Å². The number of methoxy groups -OCH3 is 1. The van der Waals surface area contributed by atoms with Crippen molar-refractivity contribution in [3.63, 3.8) is 0 Å². The fourth-order valence-electron chi connectivity index (χ4n) is 3.10. The summed E-state index contributed by atoms with van der Waals surface area (Å²) in [5, 5.41) is 2.19. The summed E-state index contributed by atoms with van der Waals surface area (Å²) in [7, 11) is 1.27.